The highest BCUT2D eigenvalue weighted by Gasteiger charge is 2.10. The van der Waals surface area contributed by atoms with E-state index in [1.807, 2.05) is 78.9 Å². The minimum absolute atomic E-state index is 0.0415. The van der Waals surface area contributed by atoms with E-state index in [9.17, 15) is 4.79 Å². The van der Waals surface area contributed by atoms with Gasteiger partial charge in [0.2, 0.25) is 11.8 Å². The van der Waals surface area contributed by atoms with E-state index in [0.717, 1.165) is 22.4 Å². The van der Waals surface area contributed by atoms with Gasteiger partial charge in [0.15, 0.2) is 11.5 Å². The van der Waals surface area contributed by atoms with Gasteiger partial charge in [0, 0.05) is 17.9 Å². The first-order valence-electron chi connectivity index (χ1n) is 10.9. The van der Waals surface area contributed by atoms with Crippen molar-refractivity contribution < 1.29 is 18.7 Å². The molecule has 7 heteroatoms. The number of methoxy groups -OCH3 is 1. The number of amides is 1. The largest absolute Gasteiger partial charge is 0.493 e. The summed E-state index contributed by atoms with van der Waals surface area (Å²) in [6.45, 7) is 0.875. The molecule has 4 aromatic rings. The van der Waals surface area contributed by atoms with E-state index in [4.69, 9.17) is 13.9 Å². The molecule has 0 saturated heterocycles. The normalized spacial score (nSPS) is 10.6. The standard InChI is InChI=1S/C27H26N2O4S/c1-31-25-14-21(12-13-24(25)32-16-20-8-4-2-5-9-20)15-28-26(30)19-34-18-23-17-33-27(29-23)22-10-6-3-7-11-22/h2-14,17H,15-16,18-19H2,1H3,(H,28,30). The van der Waals surface area contributed by atoms with E-state index >= 15 is 0 Å². The molecule has 0 unspecified atom stereocenters. The van der Waals surface area contributed by atoms with Crippen LogP contribution in [0.1, 0.15) is 16.8 Å². The van der Waals surface area contributed by atoms with Crippen LogP contribution in [0.5, 0.6) is 11.5 Å². The van der Waals surface area contributed by atoms with Gasteiger partial charge in [0.05, 0.1) is 18.6 Å². The second-order valence-electron chi connectivity index (χ2n) is 7.54. The summed E-state index contributed by atoms with van der Waals surface area (Å²) in [5.41, 5.74) is 3.77. The van der Waals surface area contributed by atoms with Gasteiger partial charge in [-0.2, -0.15) is 0 Å². The predicted molar refractivity (Wildman–Crippen MR) is 134 cm³/mol. The number of hydrogen-bond donors (Lipinski definition) is 1. The van der Waals surface area contributed by atoms with Crippen molar-refractivity contribution in [1.82, 2.24) is 10.3 Å². The van der Waals surface area contributed by atoms with Crippen LogP contribution in [-0.2, 0) is 23.7 Å². The first-order chi connectivity index (χ1) is 16.7. The van der Waals surface area contributed by atoms with Crippen LogP contribution < -0.4 is 14.8 Å². The third kappa shape index (κ3) is 6.65. The monoisotopic (exact) mass is 474 g/mol. The Hall–Kier alpha value is -3.71. The van der Waals surface area contributed by atoms with Gasteiger partial charge in [-0.25, -0.2) is 4.98 Å². The first-order valence-corrected chi connectivity index (χ1v) is 12.0. The maximum Gasteiger partial charge on any atom is 0.230 e. The van der Waals surface area contributed by atoms with Gasteiger partial charge < -0.3 is 19.2 Å². The molecule has 0 bridgehead atoms. The number of hydrogen-bond acceptors (Lipinski definition) is 6. The summed E-state index contributed by atoms with van der Waals surface area (Å²) < 4.78 is 16.9. The molecule has 3 aromatic carbocycles. The lowest BCUT2D eigenvalue weighted by molar-refractivity contribution is -0.118. The molecule has 0 aliphatic rings. The number of nitrogens with zero attached hydrogens (tertiary/aromatic N) is 1. The van der Waals surface area contributed by atoms with E-state index in [1.165, 1.54) is 11.8 Å². The van der Waals surface area contributed by atoms with Crippen LogP contribution >= 0.6 is 11.8 Å². The third-order valence-electron chi connectivity index (χ3n) is 5.01. The van der Waals surface area contributed by atoms with Crippen molar-refractivity contribution in [2.45, 2.75) is 18.9 Å². The zero-order valence-electron chi connectivity index (χ0n) is 18.9. The average Bonchev–Trinajstić information content (AvgIpc) is 3.36. The second kappa shape index (κ2) is 12.0. The predicted octanol–water partition coefficient (Wildman–Crippen LogP) is 5.48. The number of nitrogens with one attached hydrogen (secondary N) is 1. The second-order valence-corrected chi connectivity index (χ2v) is 8.52. The Kier molecular flexibility index (Phi) is 8.24. The molecule has 0 fully saturated rings. The number of carbonyl (C=O) groups excluding carboxylic acids is 1. The van der Waals surface area contributed by atoms with Crippen LogP contribution in [0.25, 0.3) is 11.5 Å². The number of carbonyl (C=O) groups is 1. The summed E-state index contributed by atoms with van der Waals surface area (Å²) in [5.74, 6) is 2.79. The van der Waals surface area contributed by atoms with Gasteiger partial charge >= 0.3 is 0 Å². The molecule has 1 amide bonds. The van der Waals surface area contributed by atoms with E-state index in [0.29, 0.717) is 42.0 Å². The number of oxazole rings is 1. The summed E-state index contributed by atoms with van der Waals surface area (Å²) in [5, 5.41) is 2.94. The maximum atomic E-state index is 12.3. The first kappa shape index (κ1) is 23.4. The number of aromatic nitrogens is 1. The zero-order valence-corrected chi connectivity index (χ0v) is 19.7. The minimum Gasteiger partial charge on any atom is -0.493 e. The minimum atomic E-state index is -0.0415. The number of ether oxygens (including phenoxy) is 2. The molecule has 34 heavy (non-hydrogen) atoms. The van der Waals surface area contributed by atoms with Crippen molar-refractivity contribution in [3.63, 3.8) is 0 Å². The molecule has 1 aromatic heterocycles. The molecule has 1 N–H and O–H groups in total. The van der Waals surface area contributed by atoms with Crippen LogP contribution in [0.3, 0.4) is 0 Å². The fraction of sp³-hybridized carbons (Fsp3) is 0.185. The smallest absolute Gasteiger partial charge is 0.230 e. The van der Waals surface area contributed by atoms with Gasteiger partial charge in [0.1, 0.15) is 12.9 Å². The SMILES string of the molecule is COc1cc(CNC(=O)CSCc2coc(-c3ccccc3)n2)ccc1OCc1ccccc1. The van der Waals surface area contributed by atoms with Crippen molar-refractivity contribution >= 4 is 17.7 Å². The topological polar surface area (TPSA) is 73.6 Å². The summed E-state index contributed by atoms with van der Waals surface area (Å²) in [6, 6.07) is 25.4. The third-order valence-corrected chi connectivity index (χ3v) is 5.98. The van der Waals surface area contributed by atoms with Crippen LogP contribution in [0, 0.1) is 0 Å². The molecule has 0 atom stereocenters. The summed E-state index contributed by atoms with van der Waals surface area (Å²) in [7, 11) is 1.61. The molecule has 1 heterocycles. The van der Waals surface area contributed by atoms with Gasteiger partial charge in [-0.05, 0) is 35.4 Å². The Bertz CT molecular complexity index is 1200. The lowest BCUT2D eigenvalue weighted by atomic mass is 10.2. The van der Waals surface area contributed by atoms with Crippen LogP contribution in [-0.4, -0.2) is 23.8 Å². The molecule has 0 radical (unpaired) electrons. The highest BCUT2D eigenvalue weighted by Crippen LogP contribution is 2.29. The Morgan fingerprint density at radius 1 is 0.971 bits per heavy atom. The fourth-order valence-corrected chi connectivity index (χ4v) is 3.99. The quantitative estimate of drug-likeness (QED) is 0.310. The van der Waals surface area contributed by atoms with E-state index in [-0.39, 0.29) is 5.91 Å². The molecule has 4 rings (SSSR count). The van der Waals surface area contributed by atoms with Crippen molar-refractivity contribution in [1.29, 1.82) is 0 Å². The molecular formula is C27H26N2O4S. The van der Waals surface area contributed by atoms with Crippen molar-refractivity contribution in [3.05, 3.63) is 102 Å². The van der Waals surface area contributed by atoms with E-state index in [2.05, 4.69) is 10.3 Å². The van der Waals surface area contributed by atoms with Crippen LogP contribution in [0.2, 0.25) is 0 Å². The molecule has 0 aliphatic carbocycles. The van der Waals surface area contributed by atoms with Gasteiger partial charge in [0.25, 0.3) is 0 Å². The van der Waals surface area contributed by atoms with Gasteiger partial charge in [-0.1, -0.05) is 54.6 Å². The lowest BCUT2D eigenvalue weighted by Crippen LogP contribution is -2.24. The average molecular weight is 475 g/mol. The molecule has 6 nitrogen and oxygen atoms in total. The van der Waals surface area contributed by atoms with Crippen molar-refractivity contribution in [2.24, 2.45) is 0 Å². The van der Waals surface area contributed by atoms with Crippen molar-refractivity contribution in [2.75, 3.05) is 12.9 Å². The van der Waals surface area contributed by atoms with Crippen LogP contribution in [0.15, 0.2) is 89.5 Å². The van der Waals surface area contributed by atoms with Gasteiger partial charge in [-0.15, -0.1) is 11.8 Å². The highest BCUT2D eigenvalue weighted by atomic mass is 32.2. The number of thioether (sulfide) groups is 1. The lowest BCUT2D eigenvalue weighted by Gasteiger charge is -2.13. The number of benzene rings is 3. The summed E-state index contributed by atoms with van der Waals surface area (Å²) in [6.07, 6.45) is 1.64. The molecular weight excluding hydrogens is 448 g/mol. The Labute approximate surface area is 203 Å². The molecule has 0 aliphatic heterocycles. The maximum absolute atomic E-state index is 12.3. The Balaban J connectivity index is 1.21. The van der Waals surface area contributed by atoms with Crippen molar-refractivity contribution in [3.8, 4) is 23.0 Å². The Morgan fingerprint density at radius 3 is 2.50 bits per heavy atom. The molecule has 0 spiro atoms. The van der Waals surface area contributed by atoms with Crippen LogP contribution in [0.4, 0.5) is 0 Å². The summed E-state index contributed by atoms with van der Waals surface area (Å²) in [4.78, 5) is 16.8. The van der Waals surface area contributed by atoms with Gasteiger partial charge in [-0.3, -0.25) is 4.79 Å². The highest BCUT2D eigenvalue weighted by molar-refractivity contribution is 7.99. The zero-order chi connectivity index (χ0) is 23.6. The number of rotatable bonds is 11. The molecule has 0 saturated carbocycles. The van der Waals surface area contributed by atoms with E-state index in [1.54, 1.807) is 13.4 Å². The fourth-order valence-electron chi connectivity index (χ4n) is 3.26. The van der Waals surface area contributed by atoms with E-state index < -0.39 is 0 Å². The Morgan fingerprint density at radius 2 is 1.74 bits per heavy atom. The summed E-state index contributed by atoms with van der Waals surface area (Å²) >= 11 is 1.49. The molecule has 174 valence electrons.